The number of alkyl halides is 3. The van der Waals surface area contributed by atoms with Crippen LogP contribution >= 0.6 is 11.8 Å². The van der Waals surface area contributed by atoms with Gasteiger partial charge in [-0.3, -0.25) is 0 Å². The topological polar surface area (TPSA) is 49.8 Å². The number of rotatable bonds is 6. The molecule has 8 heteroatoms. The van der Waals surface area contributed by atoms with Gasteiger partial charge < -0.3 is 10.6 Å². The molecule has 0 unspecified atom stereocenters. The van der Waals surface area contributed by atoms with E-state index in [0.717, 1.165) is 6.54 Å². The van der Waals surface area contributed by atoms with Crippen LogP contribution in [-0.2, 0) is 0 Å². The molecule has 0 saturated carbocycles. The lowest BCUT2D eigenvalue weighted by Gasteiger charge is -2.08. The molecule has 0 atom stereocenters. The van der Waals surface area contributed by atoms with Crippen LogP contribution in [0.5, 0.6) is 0 Å². The molecule has 0 saturated heterocycles. The summed E-state index contributed by atoms with van der Waals surface area (Å²) < 4.78 is 35.5. The first-order chi connectivity index (χ1) is 8.01. The number of hydrogen-bond donors (Lipinski definition) is 2. The van der Waals surface area contributed by atoms with Crippen molar-refractivity contribution in [2.24, 2.45) is 0 Å². The summed E-state index contributed by atoms with van der Waals surface area (Å²) in [5.74, 6) is 1.11. The van der Waals surface area contributed by atoms with Gasteiger partial charge in [0.2, 0.25) is 0 Å². The van der Waals surface area contributed by atoms with Crippen LogP contribution in [0.2, 0.25) is 0 Å². The quantitative estimate of drug-likeness (QED) is 0.775. The van der Waals surface area contributed by atoms with Gasteiger partial charge in [-0.1, -0.05) is 0 Å². The van der Waals surface area contributed by atoms with Crippen molar-refractivity contribution in [3.05, 3.63) is 12.4 Å². The Hall–Kier alpha value is -1.18. The van der Waals surface area contributed by atoms with Crippen LogP contribution in [0.25, 0.3) is 0 Å². The van der Waals surface area contributed by atoms with Crippen LogP contribution < -0.4 is 10.6 Å². The fraction of sp³-hybridized carbons (Fsp3) is 0.556. The summed E-state index contributed by atoms with van der Waals surface area (Å²) in [6.45, 7) is 2.85. The van der Waals surface area contributed by atoms with E-state index in [1.165, 1.54) is 6.33 Å². The van der Waals surface area contributed by atoms with Crippen molar-refractivity contribution in [2.75, 3.05) is 29.5 Å². The van der Waals surface area contributed by atoms with E-state index in [-0.39, 0.29) is 24.1 Å². The Balaban J connectivity index is 2.34. The average Bonchev–Trinajstić information content (AvgIpc) is 2.24. The van der Waals surface area contributed by atoms with Gasteiger partial charge in [0.15, 0.2) is 0 Å². The van der Waals surface area contributed by atoms with Crippen molar-refractivity contribution in [3.8, 4) is 0 Å². The van der Waals surface area contributed by atoms with E-state index in [1.807, 2.05) is 6.92 Å². The maximum absolute atomic E-state index is 11.8. The molecule has 1 heterocycles. The van der Waals surface area contributed by atoms with Gasteiger partial charge in [-0.25, -0.2) is 9.97 Å². The lowest BCUT2D eigenvalue weighted by Crippen LogP contribution is -2.10. The van der Waals surface area contributed by atoms with Gasteiger partial charge in [0.1, 0.15) is 18.0 Å². The van der Waals surface area contributed by atoms with E-state index in [1.54, 1.807) is 6.07 Å². The first kappa shape index (κ1) is 13.9. The minimum absolute atomic E-state index is 0.0515. The van der Waals surface area contributed by atoms with Crippen LogP contribution in [0, 0.1) is 0 Å². The third-order valence-electron chi connectivity index (χ3n) is 1.70. The van der Waals surface area contributed by atoms with E-state index < -0.39 is 5.51 Å². The highest BCUT2D eigenvalue weighted by Crippen LogP contribution is 2.29. The molecular formula is C9H13F3N4S. The predicted octanol–water partition coefficient (Wildman–Crippen LogP) is 2.57. The zero-order valence-electron chi connectivity index (χ0n) is 9.21. The predicted molar refractivity (Wildman–Crippen MR) is 63.2 cm³/mol. The normalized spacial score (nSPS) is 11.3. The Morgan fingerprint density at radius 3 is 2.47 bits per heavy atom. The Kier molecular flexibility index (Phi) is 5.33. The molecule has 0 bridgehead atoms. The minimum Gasteiger partial charge on any atom is -0.370 e. The van der Waals surface area contributed by atoms with E-state index in [2.05, 4.69) is 20.6 Å². The third-order valence-corrected chi connectivity index (χ3v) is 2.43. The molecule has 0 spiro atoms. The summed E-state index contributed by atoms with van der Waals surface area (Å²) in [6, 6.07) is 1.65. The zero-order chi connectivity index (χ0) is 12.7. The lowest BCUT2D eigenvalue weighted by atomic mass is 10.5. The van der Waals surface area contributed by atoms with Gasteiger partial charge in [0, 0.05) is 24.9 Å². The maximum Gasteiger partial charge on any atom is 0.441 e. The third kappa shape index (κ3) is 6.20. The van der Waals surface area contributed by atoms with E-state index >= 15 is 0 Å². The molecule has 0 aliphatic rings. The Labute approximate surface area is 101 Å². The smallest absolute Gasteiger partial charge is 0.370 e. The van der Waals surface area contributed by atoms with E-state index in [4.69, 9.17) is 0 Å². The molecule has 1 aromatic heterocycles. The van der Waals surface area contributed by atoms with Crippen LogP contribution in [-0.4, -0.2) is 34.3 Å². The molecule has 0 amide bonds. The summed E-state index contributed by atoms with van der Waals surface area (Å²) >= 11 is -0.0543. The number of halogens is 3. The second kappa shape index (κ2) is 6.53. The van der Waals surface area contributed by atoms with Crippen molar-refractivity contribution >= 4 is 23.4 Å². The highest BCUT2D eigenvalue weighted by molar-refractivity contribution is 8.00. The van der Waals surface area contributed by atoms with Gasteiger partial charge in [-0.2, -0.15) is 13.2 Å². The van der Waals surface area contributed by atoms with Crippen LogP contribution in [0.3, 0.4) is 0 Å². The summed E-state index contributed by atoms with van der Waals surface area (Å²) in [7, 11) is 0. The molecule has 1 aromatic rings. The van der Waals surface area contributed by atoms with Gasteiger partial charge in [0.25, 0.3) is 0 Å². The zero-order valence-corrected chi connectivity index (χ0v) is 10.0. The van der Waals surface area contributed by atoms with Crippen LogP contribution in [0.15, 0.2) is 12.4 Å². The van der Waals surface area contributed by atoms with Gasteiger partial charge in [-0.15, -0.1) is 0 Å². The van der Waals surface area contributed by atoms with Gasteiger partial charge in [-0.05, 0) is 18.7 Å². The molecule has 0 aliphatic carbocycles. The van der Waals surface area contributed by atoms with Gasteiger partial charge >= 0.3 is 5.51 Å². The second-order valence-corrected chi connectivity index (χ2v) is 4.20. The molecule has 17 heavy (non-hydrogen) atoms. The first-order valence-electron chi connectivity index (χ1n) is 5.01. The minimum atomic E-state index is -4.18. The molecule has 0 radical (unpaired) electrons. The number of anilines is 2. The molecule has 1 rings (SSSR count). The summed E-state index contributed by atoms with van der Waals surface area (Å²) in [5.41, 5.74) is -4.18. The molecule has 0 aromatic carbocycles. The molecule has 4 nitrogen and oxygen atoms in total. The molecule has 0 fully saturated rings. The summed E-state index contributed by atoms with van der Waals surface area (Å²) in [5, 5.41) is 5.79. The Morgan fingerprint density at radius 1 is 1.24 bits per heavy atom. The summed E-state index contributed by atoms with van der Waals surface area (Å²) in [6.07, 6.45) is 1.36. The Morgan fingerprint density at radius 2 is 1.88 bits per heavy atom. The van der Waals surface area contributed by atoms with Crippen molar-refractivity contribution in [1.29, 1.82) is 0 Å². The monoisotopic (exact) mass is 266 g/mol. The van der Waals surface area contributed by atoms with Crippen molar-refractivity contribution < 1.29 is 13.2 Å². The SMILES string of the molecule is CCNc1cc(NCCSC(F)(F)F)ncn1. The first-order valence-corrected chi connectivity index (χ1v) is 6.00. The molecule has 96 valence electrons. The largest absolute Gasteiger partial charge is 0.441 e. The van der Waals surface area contributed by atoms with Crippen LogP contribution in [0.1, 0.15) is 6.92 Å². The number of thioether (sulfide) groups is 1. The molecule has 0 aliphatic heterocycles. The Bertz CT molecular complexity index is 345. The maximum atomic E-state index is 11.8. The molecule has 2 N–H and O–H groups in total. The number of hydrogen-bond acceptors (Lipinski definition) is 5. The van der Waals surface area contributed by atoms with Crippen molar-refractivity contribution in [3.63, 3.8) is 0 Å². The second-order valence-electron chi connectivity index (χ2n) is 3.04. The van der Waals surface area contributed by atoms with Crippen molar-refractivity contribution in [2.45, 2.75) is 12.4 Å². The standard InChI is InChI=1S/C9H13F3N4S/c1-2-13-7-5-8(16-6-15-7)14-3-4-17-9(10,11)12/h5-6H,2-4H2,1H3,(H2,13,14,15,16). The lowest BCUT2D eigenvalue weighted by molar-refractivity contribution is -0.0327. The summed E-state index contributed by atoms with van der Waals surface area (Å²) in [4.78, 5) is 7.85. The fourth-order valence-corrected chi connectivity index (χ4v) is 1.51. The van der Waals surface area contributed by atoms with Crippen LogP contribution in [0.4, 0.5) is 24.8 Å². The number of aromatic nitrogens is 2. The number of nitrogens with one attached hydrogen (secondary N) is 2. The van der Waals surface area contributed by atoms with Gasteiger partial charge in [0.05, 0.1) is 0 Å². The number of nitrogens with zero attached hydrogens (tertiary/aromatic N) is 2. The van der Waals surface area contributed by atoms with E-state index in [9.17, 15) is 13.2 Å². The average molecular weight is 266 g/mol. The highest BCUT2D eigenvalue weighted by Gasteiger charge is 2.27. The molecular weight excluding hydrogens is 253 g/mol. The fourth-order valence-electron chi connectivity index (χ4n) is 1.08. The van der Waals surface area contributed by atoms with Crippen molar-refractivity contribution in [1.82, 2.24) is 9.97 Å². The van der Waals surface area contributed by atoms with E-state index in [0.29, 0.717) is 11.6 Å². The highest BCUT2D eigenvalue weighted by atomic mass is 32.2.